The second kappa shape index (κ2) is 6.38. The number of nitrogens with two attached hydrogens (primary N) is 1. The van der Waals surface area contributed by atoms with E-state index in [0.29, 0.717) is 18.7 Å². The molecule has 0 aromatic heterocycles. The van der Waals surface area contributed by atoms with Crippen molar-refractivity contribution < 1.29 is 13.5 Å². The standard InChI is InChI=1S/C11H17ClN2O3S/c1-2-5-14(6-7-15)18(16,17)11-4-3-9(13)8-10(11)12/h3-4,8,15H,2,5-7,13H2,1H3. The van der Waals surface area contributed by atoms with Crippen molar-refractivity contribution in [3.05, 3.63) is 23.2 Å². The summed E-state index contributed by atoms with van der Waals surface area (Å²) in [6.07, 6.45) is 0.659. The third-order valence-corrected chi connectivity index (χ3v) is 4.78. The van der Waals surface area contributed by atoms with Crippen LogP contribution in [0.2, 0.25) is 5.02 Å². The number of halogens is 1. The van der Waals surface area contributed by atoms with E-state index in [-0.39, 0.29) is 23.1 Å². The normalized spacial score (nSPS) is 12.0. The van der Waals surface area contributed by atoms with Gasteiger partial charge in [-0.3, -0.25) is 0 Å². The molecule has 0 unspecified atom stereocenters. The Morgan fingerprint density at radius 2 is 2.06 bits per heavy atom. The Morgan fingerprint density at radius 3 is 2.56 bits per heavy atom. The van der Waals surface area contributed by atoms with Gasteiger partial charge in [0.1, 0.15) is 4.90 Å². The van der Waals surface area contributed by atoms with Gasteiger partial charge in [0.15, 0.2) is 0 Å². The van der Waals surface area contributed by atoms with Crippen LogP contribution in [-0.4, -0.2) is 37.5 Å². The molecule has 0 heterocycles. The highest BCUT2D eigenvalue weighted by Crippen LogP contribution is 2.26. The number of aliphatic hydroxyl groups excluding tert-OH is 1. The number of anilines is 1. The molecule has 1 rings (SSSR count). The first kappa shape index (κ1) is 15.2. The molecule has 1 aromatic carbocycles. The van der Waals surface area contributed by atoms with Crippen molar-refractivity contribution in [2.24, 2.45) is 0 Å². The Bertz CT molecular complexity index is 499. The summed E-state index contributed by atoms with van der Waals surface area (Å²) in [5.74, 6) is 0. The zero-order valence-electron chi connectivity index (χ0n) is 10.1. The van der Waals surface area contributed by atoms with Gasteiger partial charge >= 0.3 is 0 Å². The van der Waals surface area contributed by atoms with Gasteiger partial charge in [0.2, 0.25) is 10.0 Å². The predicted octanol–water partition coefficient (Wildman–Crippen LogP) is 1.32. The molecule has 0 bridgehead atoms. The maximum Gasteiger partial charge on any atom is 0.244 e. The van der Waals surface area contributed by atoms with Gasteiger partial charge in [-0.2, -0.15) is 4.31 Å². The van der Waals surface area contributed by atoms with E-state index in [1.165, 1.54) is 22.5 Å². The summed E-state index contributed by atoms with van der Waals surface area (Å²) in [5.41, 5.74) is 5.94. The molecule has 0 atom stereocenters. The van der Waals surface area contributed by atoms with Gasteiger partial charge in [-0.05, 0) is 24.6 Å². The molecule has 7 heteroatoms. The van der Waals surface area contributed by atoms with Crippen molar-refractivity contribution in [2.75, 3.05) is 25.4 Å². The molecule has 18 heavy (non-hydrogen) atoms. The zero-order valence-corrected chi connectivity index (χ0v) is 11.7. The molecule has 1 aromatic rings. The highest BCUT2D eigenvalue weighted by atomic mass is 35.5. The second-order valence-corrected chi connectivity index (χ2v) is 6.13. The molecule has 0 aliphatic carbocycles. The van der Waals surface area contributed by atoms with Crippen molar-refractivity contribution >= 4 is 27.3 Å². The fourth-order valence-electron chi connectivity index (χ4n) is 1.58. The highest BCUT2D eigenvalue weighted by Gasteiger charge is 2.25. The lowest BCUT2D eigenvalue weighted by atomic mass is 10.3. The Kier molecular flexibility index (Phi) is 5.40. The summed E-state index contributed by atoms with van der Waals surface area (Å²) in [6.45, 7) is 2.02. The molecular weight excluding hydrogens is 276 g/mol. The van der Waals surface area contributed by atoms with Crippen LogP contribution in [0.4, 0.5) is 5.69 Å². The number of nitrogens with zero attached hydrogens (tertiary/aromatic N) is 1. The number of benzene rings is 1. The molecule has 0 amide bonds. The van der Waals surface area contributed by atoms with E-state index >= 15 is 0 Å². The molecule has 0 saturated carbocycles. The average Bonchev–Trinajstić information content (AvgIpc) is 2.28. The molecule has 0 aliphatic rings. The number of hydrogen-bond donors (Lipinski definition) is 2. The van der Waals surface area contributed by atoms with Crippen LogP contribution in [-0.2, 0) is 10.0 Å². The van der Waals surface area contributed by atoms with E-state index in [2.05, 4.69) is 0 Å². The molecule has 5 nitrogen and oxygen atoms in total. The first-order chi connectivity index (χ1) is 8.43. The Labute approximate surface area is 112 Å². The van der Waals surface area contributed by atoms with Crippen LogP contribution >= 0.6 is 11.6 Å². The molecule has 0 aliphatic heterocycles. The van der Waals surface area contributed by atoms with Crippen molar-refractivity contribution in [1.29, 1.82) is 0 Å². The monoisotopic (exact) mass is 292 g/mol. The Balaban J connectivity index is 3.17. The van der Waals surface area contributed by atoms with Crippen molar-refractivity contribution in [3.8, 4) is 0 Å². The number of rotatable bonds is 6. The molecule has 0 fully saturated rings. The van der Waals surface area contributed by atoms with Gasteiger partial charge < -0.3 is 10.8 Å². The maximum absolute atomic E-state index is 12.3. The molecule has 0 radical (unpaired) electrons. The number of nitrogen functional groups attached to an aromatic ring is 1. The number of aliphatic hydroxyl groups is 1. The van der Waals surface area contributed by atoms with E-state index in [1.54, 1.807) is 0 Å². The topological polar surface area (TPSA) is 83.6 Å². The van der Waals surface area contributed by atoms with Crippen LogP contribution < -0.4 is 5.73 Å². The van der Waals surface area contributed by atoms with Gasteiger partial charge in [-0.15, -0.1) is 0 Å². The lowest BCUT2D eigenvalue weighted by Crippen LogP contribution is -2.34. The summed E-state index contributed by atoms with van der Waals surface area (Å²) in [6, 6.07) is 4.27. The van der Waals surface area contributed by atoms with Gasteiger partial charge in [-0.25, -0.2) is 8.42 Å². The first-order valence-electron chi connectivity index (χ1n) is 5.59. The average molecular weight is 293 g/mol. The second-order valence-electron chi connectivity index (χ2n) is 3.82. The SMILES string of the molecule is CCCN(CCO)S(=O)(=O)c1ccc(N)cc1Cl. The fraction of sp³-hybridized carbons (Fsp3) is 0.455. The Hall–Kier alpha value is -0.820. The smallest absolute Gasteiger partial charge is 0.244 e. The van der Waals surface area contributed by atoms with E-state index in [1.807, 2.05) is 6.92 Å². The van der Waals surface area contributed by atoms with Gasteiger partial charge in [-0.1, -0.05) is 18.5 Å². The van der Waals surface area contributed by atoms with Gasteiger partial charge in [0, 0.05) is 18.8 Å². The van der Waals surface area contributed by atoms with Gasteiger partial charge in [0.25, 0.3) is 0 Å². The van der Waals surface area contributed by atoms with E-state index in [9.17, 15) is 8.42 Å². The third kappa shape index (κ3) is 3.35. The zero-order chi connectivity index (χ0) is 13.8. The minimum atomic E-state index is -3.69. The van der Waals surface area contributed by atoms with E-state index in [0.717, 1.165) is 0 Å². The minimum Gasteiger partial charge on any atom is -0.399 e. The summed E-state index contributed by atoms with van der Waals surface area (Å²) >= 11 is 5.91. The lowest BCUT2D eigenvalue weighted by molar-refractivity contribution is 0.253. The summed E-state index contributed by atoms with van der Waals surface area (Å²) in [4.78, 5) is 0.0141. The molecule has 0 spiro atoms. The first-order valence-corrected chi connectivity index (χ1v) is 7.41. The van der Waals surface area contributed by atoms with E-state index < -0.39 is 10.0 Å². The van der Waals surface area contributed by atoms with Crippen molar-refractivity contribution in [3.63, 3.8) is 0 Å². The summed E-state index contributed by atoms with van der Waals surface area (Å²) in [7, 11) is -3.69. The largest absolute Gasteiger partial charge is 0.399 e. The van der Waals surface area contributed by atoms with E-state index in [4.69, 9.17) is 22.4 Å². The lowest BCUT2D eigenvalue weighted by Gasteiger charge is -2.21. The van der Waals surface area contributed by atoms with Crippen molar-refractivity contribution in [2.45, 2.75) is 18.2 Å². The third-order valence-electron chi connectivity index (χ3n) is 2.40. The molecule has 3 N–H and O–H groups in total. The summed E-state index contributed by atoms with van der Waals surface area (Å²) in [5, 5.41) is 9.02. The number of sulfonamides is 1. The predicted molar refractivity (Wildman–Crippen MR) is 72.0 cm³/mol. The fourth-order valence-corrected chi connectivity index (χ4v) is 3.63. The minimum absolute atomic E-state index is 0.0141. The molecule has 102 valence electrons. The summed E-state index contributed by atoms with van der Waals surface area (Å²) < 4.78 is 25.9. The Morgan fingerprint density at radius 1 is 1.39 bits per heavy atom. The van der Waals surface area contributed by atoms with Crippen LogP contribution in [0.25, 0.3) is 0 Å². The quantitative estimate of drug-likeness (QED) is 0.775. The van der Waals surface area contributed by atoms with Crippen LogP contribution in [0.15, 0.2) is 23.1 Å². The van der Waals surface area contributed by atoms with Crippen molar-refractivity contribution in [1.82, 2.24) is 4.31 Å². The maximum atomic E-state index is 12.3. The van der Waals surface area contributed by atoms with Crippen LogP contribution in [0.1, 0.15) is 13.3 Å². The van der Waals surface area contributed by atoms with Crippen LogP contribution in [0.5, 0.6) is 0 Å². The molecular formula is C11H17ClN2O3S. The number of hydrogen-bond acceptors (Lipinski definition) is 4. The highest BCUT2D eigenvalue weighted by molar-refractivity contribution is 7.89. The van der Waals surface area contributed by atoms with Crippen LogP contribution in [0.3, 0.4) is 0 Å². The van der Waals surface area contributed by atoms with Crippen LogP contribution in [0, 0.1) is 0 Å². The molecule has 0 saturated heterocycles. The van der Waals surface area contributed by atoms with Gasteiger partial charge in [0.05, 0.1) is 11.6 Å².